The van der Waals surface area contributed by atoms with Crippen molar-refractivity contribution in [2.45, 2.75) is 25.6 Å². The average Bonchev–Trinajstić information content (AvgIpc) is 3.33. The van der Waals surface area contributed by atoms with Crippen molar-refractivity contribution in [2.75, 3.05) is 24.5 Å². The molecule has 0 radical (unpaired) electrons. The number of rotatable bonds is 7. The molecule has 2 heterocycles. The molecule has 4 rings (SSSR count). The van der Waals surface area contributed by atoms with Gasteiger partial charge in [0.05, 0.1) is 17.4 Å². The molecule has 2 amide bonds. The molecule has 3 aromatic rings. The number of nitrogens with zero attached hydrogens (tertiary/aromatic N) is 3. The quantitative estimate of drug-likeness (QED) is 0.460. The summed E-state index contributed by atoms with van der Waals surface area (Å²) in [4.78, 5) is 44.7. The van der Waals surface area contributed by atoms with E-state index in [4.69, 9.17) is 4.74 Å². The number of aromatic nitrogens is 1. The number of aliphatic hydroxyl groups is 1. The molecular weight excluding hydrogens is 519 g/mol. The van der Waals surface area contributed by atoms with Crippen molar-refractivity contribution >= 4 is 23.5 Å². The van der Waals surface area contributed by atoms with Crippen molar-refractivity contribution in [3.8, 4) is 11.6 Å². The Morgan fingerprint density at radius 3 is 2.46 bits per heavy atom. The highest BCUT2D eigenvalue weighted by Crippen LogP contribution is 2.37. The Morgan fingerprint density at radius 1 is 1.13 bits per heavy atom. The first-order chi connectivity index (χ1) is 18.4. The predicted molar refractivity (Wildman–Crippen MR) is 133 cm³/mol. The van der Waals surface area contributed by atoms with Gasteiger partial charge in [-0.15, -0.1) is 0 Å². The summed E-state index contributed by atoms with van der Waals surface area (Å²) in [5.74, 6) is -3.71. The largest absolute Gasteiger partial charge is 0.478 e. The average molecular weight is 543 g/mol. The summed E-state index contributed by atoms with van der Waals surface area (Å²) in [6.45, 7) is 1.64. The molecule has 0 aliphatic carbocycles. The highest BCUT2D eigenvalue weighted by atomic mass is 19.4. The number of aliphatic hydroxyl groups excluding tert-OH is 1. The third-order valence-corrected chi connectivity index (χ3v) is 6.13. The molecule has 0 bridgehead atoms. The van der Waals surface area contributed by atoms with Gasteiger partial charge in [0, 0.05) is 24.8 Å². The highest BCUT2D eigenvalue weighted by Gasteiger charge is 2.35. The van der Waals surface area contributed by atoms with Crippen LogP contribution in [-0.4, -0.2) is 63.6 Å². The zero-order valence-corrected chi connectivity index (χ0v) is 20.7. The molecule has 39 heavy (non-hydrogen) atoms. The summed E-state index contributed by atoms with van der Waals surface area (Å²) >= 11 is 0. The smallest absolute Gasteiger partial charge is 0.421 e. The van der Waals surface area contributed by atoms with E-state index in [0.29, 0.717) is 6.42 Å². The van der Waals surface area contributed by atoms with E-state index in [1.165, 1.54) is 29.2 Å². The van der Waals surface area contributed by atoms with Gasteiger partial charge in [0.2, 0.25) is 11.8 Å². The topological polar surface area (TPSA) is 120 Å². The fourth-order valence-corrected chi connectivity index (χ4v) is 4.11. The number of amides is 2. The third kappa shape index (κ3) is 6.34. The number of aromatic carboxylic acids is 1. The number of likely N-dealkylation sites (tertiary alicyclic amines) is 1. The molecule has 204 valence electrons. The molecular formula is C27H24F3N3O6. The van der Waals surface area contributed by atoms with Gasteiger partial charge in [-0.2, -0.15) is 13.2 Å². The van der Waals surface area contributed by atoms with E-state index < -0.39 is 53.6 Å². The van der Waals surface area contributed by atoms with Gasteiger partial charge in [-0.1, -0.05) is 17.7 Å². The number of pyridine rings is 1. The lowest BCUT2D eigenvalue weighted by molar-refractivity contribution is -0.139. The van der Waals surface area contributed by atoms with Gasteiger partial charge in [-0.05, 0) is 55.8 Å². The maximum Gasteiger partial charge on any atom is 0.421 e. The molecule has 1 aliphatic rings. The zero-order valence-electron chi connectivity index (χ0n) is 20.7. The van der Waals surface area contributed by atoms with E-state index in [1.807, 2.05) is 6.92 Å². The number of alkyl halides is 3. The van der Waals surface area contributed by atoms with Crippen molar-refractivity contribution in [3.63, 3.8) is 0 Å². The molecule has 1 fully saturated rings. The number of halogens is 3. The van der Waals surface area contributed by atoms with E-state index in [1.54, 1.807) is 12.1 Å². The first-order valence-corrected chi connectivity index (χ1v) is 11.9. The van der Waals surface area contributed by atoms with Crippen LogP contribution >= 0.6 is 0 Å². The second kappa shape index (κ2) is 11.1. The maximum atomic E-state index is 13.5. The van der Waals surface area contributed by atoms with E-state index in [0.717, 1.165) is 34.9 Å². The summed E-state index contributed by atoms with van der Waals surface area (Å²) in [6.07, 6.45) is -3.99. The molecule has 0 spiro atoms. The number of anilines is 1. The number of carbonyl (C=O) groups is 3. The van der Waals surface area contributed by atoms with Crippen molar-refractivity contribution < 1.29 is 42.5 Å². The van der Waals surface area contributed by atoms with Crippen LogP contribution in [-0.2, 0) is 11.0 Å². The van der Waals surface area contributed by atoms with Crippen molar-refractivity contribution in [2.24, 2.45) is 0 Å². The first-order valence-electron chi connectivity index (χ1n) is 11.9. The van der Waals surface area contributed by atoms with Gasteiger partial charge in [0.1, 0.15) is 17.9 Å². The maximum absolute atomic E-state index is 13.5. The third-order valence-electron chi connectivity index (χ3n) is 6.13. The lowest BCUT2D eigenvalue weighted by Crippen LogP contribution is -2.43. The van der Waals surface area contributed by atoms with Crippen LogP contribution in [0.3, 0.4) is 0 Å². The summed E-state index contributed by atoms with van der Waals surface area (Å²) in [5.41, 5.74) is -0.728. The van der Waals surface area contributed by atoms with Gasteiger partial charge in [-0.25, -0.2) is 9.78 Å². The molecule has 1 aliphatic heterocycles. The minimum Gasteiger partial charge on any atom is -0.478 e. The van der Waals surface area contributed by atoms with Crippen LogP contribution in [0.5, 0.6) is 11.6 Å². The van der Waals surface area contributed by atoms with E-state index in [2.05, 4.69) is 4.98 Å². The van der Waals surface area contributed by atoms with Gasteiger partial charge < -0.3 is 19.8 Å². The number of carboxylic acid groups (broad SMARTS) is 1. The fourth-order valence-electron chi connectivity index (χ4n) is 4.11. The first kappa shape index (κ1) is 27.6. The Kier molecular flexibility index (Phi) is 7.86. The van der Waals surface area contributed by atoms with Gasteiger partial charge in [0.25, 0.3) is 5.91 Å². The second-order valence-corrected chi connectivity index (χ2v) is 8.98. The summed E-state index contributed by atoms with van der Waals surface area (Å²) in [7, 11) is 0. The Morgan fingerprint density at radius 2 is 1.85 bits per heavy atom. The van der Waals surface area contributed by atoms with Crippen LogP contribution in [0.1, 0.15) is 38.3 Å². The van der Waals surface area contributed by atoms with E-state index in [9.17, 15) is 37.8 Å². The van der Waals surface area contributed by atoms with E-state index in [-0.39, 0.29) is 30.1 Å². The minimum absolute atomic E-state index is 0.0789. The molecule has 1 aromatic heterocycles. The lowest BCUT2D eigenvalue weighted by Gasteiger charge is -2.27. The number of hydrogen-bond donors (Lipinski definition) is 2. The van der Waals surface area contributed by atoms with Crippen LogP contribution in [0.4, 0.5) is 18.9 Å². The number of ether oxygens (including phenoxy) is 1. The molecule has 1 saturated heterocycles. The zero-order chi connectivity index (χ0) is 28.3. The minimum atomic E-state index is -4.76. The highest BCUT2D eigenvalue weighted by molar-refractivity contribution is 6.11. The Balaban J connectivity index is 1.73. The monoisotopic (exact) mass is 543 g/mol. The fraction of sp³-hybridized carbons (Fsp3) is 0.259. The summed E-state index contributed by atoms with van der Waals surface area (Å²) in [6, 6.07) is 11.6. The number of aryl methyl sites for hydroxylation is 1. The van der Waals surface area contributed by atoms with Crippen LogP contribution in [0.2, 0.25) is 0 Å². The molecule has 2 N–H and O–H groups in total. The van der Waals surface area contributed by atoms with Crippen LogP contribution in [0.25, 0.3) is 0 Å². The van der Waals surface area contributed by atoms with Crippen LogP contribution < -0.4 is 9.64 Å². The molecule has 1 atom stereocenters. The molecule has 1 unspecified atom stereocenters. The second-order valence-electron chi connectivity index (χ2n) is 8.98. The number of β-amino-alcohol motifs (C(OH)–C–C–N with tert-alkyl or cyclic N) is 1. The number of carbonyl (C=O) groups excluding carboxylic acids is 2. The summed E-state index contributed by atoms with van der Waals surface area (Å²) in [5, 5.41) is 19.8. The van der Waals surface area contributed by atoms with Gasteiger partial charge in [0.15, 0.2) is 0 Å². The predicted octanol–water partition coefficient (Wildman–Crippen LogP) is 4.14. The Hall–Kier alpha value is -4.45. The SMILES string of the molecule is Cc1ccc(C(=O)N(CC(=O)N2CCC(O)C2)c2ccc(Oc3ncccc3C(F)(F)F)cc2C(=O)O)cc1. The molecule has 12 heteroatoms. The normalized spacial score (nSPS) is 15.2. The standard InChI is InChI=1S/C27H24F3N3O6/c1-16-4-6-17(7-5-16)25(36)33(15-23(35)32-12-10-18(34)14-32)22-9-8-19(13-20(22)26(37)38)39-24-21(27(28,29)30)3-2-11-31-24/h2-9,11,13,18,34H,10,12,14-15H2,1H3,(H,37,38). The van der Waals surface area contributed by atoms with Crippen molar-refractivity contribution in [1.82, 2.24) is 9.88 Å². The van der Waals surface area contributed by atoms with Crippen molar-refractivity contribution in [1.29, 1.82) is 0 Å². The van der Waals surface area contributed by atoms with Crippen LogP contribution in [0.15, 0.2) is 60.8 Å². The number of hydrogen-bond acceptors (Lipinski definition) is 6. The van der Waals surface area contributed by atoms with Crippen LogP contribution in [0, 0.1) is 6.92 Å². The molecule has 2 aromatic carbocycles. The van der Waals surface area contributed by atoms with E-state index >= 15 is 0 Å². The number of benzene rings is 2. The summed E-state index contributed by atoms with van der Waals surface area (Å²) < 4.78 is 45.4. The van der Waals surface area contributed by atoms with Gasteiger partial charge >= 0.3 is 12.1 Å². The molecule has 9 nitrogen and oxygen atoms in total. The lowest BCUT2D eigenvalue weighted by atomic mass is 10.1. The van der Waals surface area contributed by atoms with Gasteiger partial charge in [-0.3, -0.25) is 14.5 Å². The van der Waals surface area contributed by atoms with Crippen molar-refractivity contribution in [3.05, 3.63) is 83.0 Å². The Bertz CT molecular complexity index is 1390. The molecule has 0 saturated carbocycles. The number of carboxylic acids is 1. The Labute approximate surface area is 221 Å².